The summed E-state index contributed by atoms with van der Waals surface area (Å²) in [6.45, 7) is 2.53. The Morgan fingerprint density at radius 3 is 2.61 bits per heavy atom. The number of piperidine rings is 1. The van der Waals surface area contributed by atoms with Crippen LogP contribution in [0.25, 0.3) is 0 Å². The molecule has 4 N–H and O–H groups in total. The van der Waals surface area contributed by atoms with Gasteiger partial charge in [0.2, 0.25) is 5.91 Å². The zero-order chi connectivity index (χ0) is 13.7. The van der Waals surface area contributed by atoms with Crippen molar-refractivity contribution in [2.75, 3.05) is 6.54 Å². The molecule has 7 heteroatoms. The molecule has 0 aliphatic carbocycles. The molecule has 1 heterocycles. The van der Waals surface area contributed by atoms with E-state index in [1.54, 1.807) is 4.90 Å². The minimum Gasteiger partial charge on any atom is -0.480 e. The SMILES string of the molecule is CC1CCCCN1C(=O)NC(CC(N)=O)C(=O)O. The number of primary amides is 1. The number of hydrogen-bond acceptors (Lipinski definition) is 3. The highest BCUT2D eigenvalue weighted by Crippen LogP contribution is 2.16. The maximum absolute atomic E-state index is 11.9. The number of carboxylic acids is 1. The highest BCUT2D eigenvalue weighted by Gasteiger charge is 2.28. The monoisotopic (exact) mass is 257 g/mol. The van der Waals surface area contributed by atoms with Gasteiger partial charge in [-0.25, -0.2) is 9.59 Å². The standard InChI is InChI=1S/C11H19N3O4/c1-7-4-2-3-5-14(7)11(18)13-8(10(16)17)6-9(12)15/h7-8H,2-6H2,1H3,(H2,12,15)(H,13,18)(H,16,17). The van der Waals surface area contributed by atoms with E-state index in [1.807, 2.05) is 6.92 Å². The molecule has 1 aliphatic heterocycles. The Morgan fingerprint density at radius 1 is 1.44 bits per heavy atom. The van der Waals surface area contributed by atoms with Gasteiger partial charge in [-0.15, -0.1) is 0 Å². The summed E-state index contributed by atoms with van der Waals surface area (Å²) in [6.07, 6.45) is 2.48. The zero-order valence-corrected chi connectivity index (χ0v) is 10.4. The third-order valence-electron chi connectivity index (χ3n) is 3.06. The summed E-state index contributed by atoms with van der Waals surface area (Å²) in [5.41, 5.74) is 4.95. The van der Waals surface area contributed by atoms with E-state index in [2.05, 4.69) is 5.32 Å². The first-order valence-corrected chi connectivity index (χ1v) is 6.00. The fourth-order valence-electron chi connectivity index (χ4n) is 2.03. The first-order valence-electron chi connectivity index (χ1n) is 6.00. The van der Waals surface area contributed by atoms with Gasteiger partial charge in [0.05, 0.1) is 6.42 Å². The Balaban J connectivity index is 2.59. The second kappa shape index (κ2) is 6.23. The normalized spacial score (nSPS) is 21.2. The van der Waals surface area contributed by atoms with Crippen LogP contribution in [0, 0.1) is 0 Å². The van der Waals surface area contributed by atoms with Gasteiger partial charge in [0, 0.05) is 12.6 Å². The average molecular weight is 257 g/mol. The number of hydrogen-bond donors (Lipinski definition) is 3. The molecule has 0 saturated carbocycles. The van der Waals surface area contributed by atoms with E-state index in [9.17, 15) is 14.4 Å². The Morgan fingerprint density at radius 2 is 2.11 bits per heavy atom. The van der Waals surface area contributed by atoms with Crippen molar-refractivity contribution in [2.24, 2.45) is 5.73 Å². The number of nitrogens with one attached hydrogen (secondary N) is 1. The van der Waals surface area contributed by atoms with Crippen molar-refractivity contribution in [1.82, 2.24) is 10.2 Å². The molecule has 1 fully saturated rings. The first kappa shape index (κ1) is 14.3. The number of carboxylic acid groups (broad SMARTS) is 1. The average Bonchev–Trinajstić information content (AvgIpc) is 2.27. The molecule has 0 aromatic carbocycles. The van der Waals surface area contributed by atoms with Gasteiger partial charge in [-0.1, -0.05) is 0 Å². The van der Waals surface area contributed by atoms with Gasteiger partial charge in [0.1, 0.15) is 6.04 Å². The molecule has 0 spiro atoms. The van der Waals surface area contributed by atoms with Crippen LogP contribution in [0.15, 0.2) is 0 Å². The van der Waals surface area contributed by atoms with E-state index in [0.29, 0.717) is 6.54 Å². The quantitative estimate of drug-likeness (QED) is 0.652. The highest BCUT2D eigenvalue weighted by molar-refractivity contribution is 5.87. The fraction of sp³-hybridized carbons (Fsp3) is 0.727. The number of nitrogens with zero attached hydrogens (tertiary/aromatic N) is 1. The Bertz CT molecular complexity index is 345. The van der Waals surface area contributed by atoms with Crippen molar-refractivity contribution in [3.8, 4) is 0 Å². The van der Waals surface area contributed by atoms with Gasteiger partial charge in [-0.3, -0.25) is 4.79 Å². The van der Waals surface area contributed by atoms with Crippen LogP contribution in [-0.2, 0) is 9.59 Å². The lowest BCUT2D eigenvalue weighted by molar-refractivity contribution is -0.141. The van der Waals surface area contributed by atoms with E-state index >= 15 is 0 Å². The lowest BCUT2D eigenvalue weighted by atomic mass is 10.0. The molecule has 18 heavy (non-hydrogen) atoms. The van der Waals surface area contributed by atoms with Crippen LogP contribution in [0.5, 0.6) is 0 Å². The van der Waals surface area contributed by atoms with Crippen molar-refractivity contribution >= 4 is 17.9 Å². The van der Waals surface area contributed by atoms with Crippen molar-refractivity contribution in [1.29, 1.82) is 0 Å². The molecule has 2 atom stereocenters. The van der Waals surface area contributed by atoms with E-state index in [0.717, 1.165) is 19.3 Å². The summed E-state index contributed by atoms with van der Waals surface area (Å²) in [7, 11) is 0. The first-order chi connectivity index (χ1) is 8.41. The van der Waals surface area contributed by atoms with E-state index < -0.39 is 30.4 Å². The molecule has 1 saturated heterocycles. The van der Waals surface area contributed by atoms with Crippen LogP contribution >= 0.6 is 0 Å². The summed E-state index contributed by atoms with van der Waals surface area (Å²) >= 11 is 0. The van der Waals surface area contributed by atoms with Crippen LogP contribution in [0.1, 0.15) is 32.6 Å². The van der Waals surface area contributed by atoms with E-state index in [4.69, 9.17) is 10.8 Å². The minimum atomic E-state index is -1.26. The van der Waals surface area contributed by atoms with Gasteiger partial charge < -0.3 is 21.1 Å². The zero-order valence-electron chi connectivity index (χ0n) is 10.4. The summed E-state index contributed by atoms with van der Waals surface area (Å²) in [5.74, 6) is -2.01. The maximum atomic E-state index is 11.9. The van der Waals surface area contributed by atoms with Crippen LogP contribution in [0.4, 0.5) is 4.79 Å². The smallest absolute Gasteiger partial charge is 0.326 e. The molecule has 1 aliphatic rings. The molecule has 3 amide bonds. The Kier molecular flexibility index (Phi) is 4.94. The number of rotatable bonds is 4. The second-order valence-electron chi connectivity index (χ2n) is 4.55. The number of carbonyl (C=O) groups is 3. The van der Waals surface area contributed by atoms with Crippen molar-refractivity contribution in [2.45, 2.75) is 44.7 Å². The van der Waals surface area contributed by atoms with Gasteiger partial charge in [-0.2, -0.15) is 0 Å². The molecule has 102 valence electrons. The lowest BCUT2D eigenvalue weighted by Crippen LogP contribution is -2.53. The van der Waals surface area contributed by atoms with Gasteiger partial charge in [0.15, 0.2) is 0 Å². The molecular weight excluding hydrogens is 238 g/mol. The third kappa shape index (κ3) is 3.90. The van der Waals surface area contributed by atoms with Crippen LogP contribution < -0.4 is 11.1 Å². The Hall–Kier alpha value is -1.79. The predicted molar refractivity (Wildman–Crippen MR) is 63.8 cm³/mol. The molecule has 0 radical (unpaired) electrons. The number of nitrogens with two attached hydrogens (primary N) is 1. The van der Waals surface area contributed by atoms with Gasteiger partial charge in [-0.05, 0) is 26.2 Å². The number of urea groups is 1. The van der Waals surface area contributed by atoms with Gasteiger partial charge in [0.25, 0.3) is 0 Å². The van der Waals surface area contributed by atoms with Crippen LogP contribution in [0.2, 0.25) is 0 Å². The number of amides is 3. The molecule has 7 nitrogen and oxygen atoms in total. The largest absolute Gasteiger partial charge is 0.480 e. The molecule has 2 unspecified atom stereocenters. The summed E-state index contributed by atoms with van der Waals surface area (Å²) < 4.78 is 0. The minimum absolute atomic E-state index is 0.0850. The number of aliphatic carboxylic acids is 1. The maximum Gasteiger partial charge on any atom is 0.326 e. The second-order valence-corrected chi connectivity index (χ2v) is 4.55. The van der Waals surface area contributed by atoms with Crippen molar-refractivity contribution in [3.63, 3.8) is 0 Å². The summed E-state index contributed by atoms with van der Waals surface area (Å²) in [4.78, 5) is 35.1. The number of likely N-dealkylation sites (tertiary alicyclic amines) is 1. The van der Waals surface area contributed by atoms with Crippen LogP contribution in [0.3, 0.4) is 0 Å². The third-order valence-corrected chi connectivity index (χ3v) is 3.06. The summed E-state index contributed by atoms with van der Waals surface area (Å²) in [6, 6.07) is -1.62. The number of carbonyl (C=O) groups excluding carboxylic acids is 2. The Labute approximate surface area is 105 Å². The summed E-state index contributed by atoms with van der Waals surface area (Å²) in [5, 5.41) is 11.2. The molecular formula is C11H19N3O4. The predicted octanol–water partition coefficient (Wildman–Crippen LogP) is -0.101. The van der Waals surface area contributed by atoms with Crippen molar-refractivity contribution in [3.05, 3.63) is 0 Å². The van der Waals surface area contributed by atoms with E-state index in [1.165, 1.54) is 0 Å². The van der Waals surface area contributed by atoms with Gasteiger partial charge >= 0.3 is 12.0 Å². The molecule has 0 aromatic rings. The van der Waals surface area contributed by atoms with Crippen LogP contribution in [-0.4, -0.2) is 46.5 Å². The topological polar surface area (TPSA) is 113 Å². The highest BCUT2D eigenvalue weighted by atomic mass is 16.4. The lowest BCUT2D eigenvalue weighted by Gasteiger charge is -2.34. The molecule has 1 rings (SSSR count). The van der Waals surface area contributed by atoms with E-state index in [-0.39, 0.29) is 6.04 Å². The molecule has 0 bridgehead atoms. The fourth-order valence-corrected chi connectivity index (χ4v) is 2.03. The molecule has 0 aromatic heterocycles. The van der Waals surface area contributed by atoms with Crippen molar-refractivity contribution < 1.29 is 19.5 Å².